The molecule has 2 heterocycles. The molecule has 0 N–H and O–H groups in total. The first-order valence-electron chi connectivity index (χ1n) is 21.8. The molecule has 0 unspecified atom stereocenters. The summed E-state index contributed by atoms with van der Waals surface area (Å²) in [5.41, 5.74) is 11.9. The number of fused-ring (bicyclic) bond motifs is 6. The van der Waals surface area contributed by atoms with Gasteiger partial charge in [-0.25, -0.2) is 0 Å². The van der Waals surface area contributed by atoms with Gasteiger partial charge >= 0.3 is 0 Å². The first-order chi connectivity index (χ1) is 31.3. The van der Waals surface area contributed by atoms with E-state index in [4.69, 9.17) is 0 Å². The van der Waals surface area contributed by atoms with Crippen molar-refractivity contribution in [3.8, 4) is 33.6 Å². The molecule has 0 aliphatic heterocycles. The van der Waals surface area contributed by atoms with E-state index in [1.54, 1.807) is 0 Å². The lowest BCUT2D eigenvalue weighted by molar-refractivity contribution is 1.17. The third-order valence-corrected chi connectivity index (χ3v) is 17.9. The highest BCUT2D eigenvalue weighted by molar-refractivity contribution is 7.20. The molecule has 0 aliphatic carbocycles. The minimum atomic E-state index is -2.85. The van der Waals surface area contributed by atoms with Gasteiger partial charge in [-0.3, -0.25) is 0 Å². The Kier molecular flexibility index (Phi) is 8.87. The number of rotatable bonds is 8. The summed E-state index contributed by atoms with van der Waals surface area (Å²) >= 11 is 0. The number of hydrogen-bond donors (Lipinski definition) is 0. The second kappa shape index (κ2) is 15.2. The van der Waals surface area contributed by atoms with Crippen LogP contribution in [0.4, 0.5) is 0 Å². The number of para-hydroxylation sites is 2. The van der Waals surface area contributed by atoms with Gasteiger partial charge in [0.05, 0.1) is 22.1 Å². The third kappa shape index (κ3) is 5.85. The first kappa shape index (κ1) is 36.8. The van der Waals surface area contributed by atoms with Gasteiger partial charge in [0.2, 0.25) is 0 Å². The van der Waals surface area contributed by atoms with Crippen molar-refractivity contribution >= 4 is 72.4 Å². The molecule has 0 spiro atoms. The largest absolute Gasteiger partial charge is 0.309 e. The molecule has 0 fully saturated rings. The van der Waals surface area contributed by atoms with Crippen molar-refractivity contribution in [3.63, 3.8) is 0 Å². The second-order valence-electron chi connectivity index (χ2n) is 16.4. The first-order valence-corrected chi connectivity index (χ1v) is 23.8. The number of aromatic nitrogens is 2. The van der Waals surface area contributed by atoms with Crippen molar-refractivity contribution in [3.05, 3.63) is 255 Å². The van der Waals surface area contributed by atoms with E-state index < -0.39 is 8.07 Å². The van der Waals surface area contributed by atoms with Crippen molar-refractivity contribution in [1.82, 2.24) is 9.13 Å². The van der Waals surface area contributed by atoms with Gasteiger partial charge in [-0.2, -0.15) is 0 Å². The molecule has 2 aromatic heterocycles. The lowest BCUT2D eigenvalue weighted by Crippen LogP contribution is -2.74. The molecular formula is C60H42N2Si. The van der Waals surface area contributed by atoms with Gasteiger partial charge in [-0.1, -0.05) is 206 Å². The maximum Gasteiger partial charge on any atom is 0.180 e. The lowest BCUT2D eigenvalue weighted by atomic mass is 9.94. The molecule has 0 radical (unpaired) electrons. The van der Waals surface area contributed by atoms with Gasteiger partial charge in [0.15, 0.2) is 8.07 Å². The normalized spacial score (nSPS) is 11.8. The Morgan fingerprint density at radius 3 is 1.37 bits per heavy atom. The quantitative estimate of drug-likeness (QED) is 0.107. The van der Waals surface area contributed by atoms with E-state index >= 15 is 0 Å². The van der Waals surface area contributed by atoms with E-state index in [-0.39, 0.29) is 0 Å². The summed E-state index contributed by atoms with van der Waals surface area (Å²) in [6, 6.07) is 94.2. The number of hydrogen-bond acceptors (Lipinski definition) is 0. The summed E-state index contributed by atoms with van der Waals surface area (Å²) in [6.45, 7) is 0. The van der Waals surface area contributed by atoms with Gasteiger partial charge in [0.1, 0.15) is 0 Å². The molecule has 12 rings (SSSR count). The second-order valence-corrected chi connectivity index (χ2v) is 20.2. The molecule has 0 amide bonds. The fourth-order valence-corrected chi connectivity index (χ4v) is 15.4. The summed E-state index contributed by atoms with van der Waals surface area (Å²) in [5.74, 6) is 0. The SMILES string of the molecule is c1ccc(-c2ccccc2-c2cccc(-n3c4ccccc4c4cc(-n5c6ccccc6c6c([Si](c7ccccc7)(c7ccccc7)c7ccccc7)cccc65)ccc43)c2)cc1. The maximum absolute atomic E-state index is 2.85. The highest BCUT2D eigenvalue weighted by Gasteiger charge is 2.43. The molecule has 0 aliphatic rings. The van der Waals surface area contributed by atoms with Crippen LogP contribution in [0.5, 0.6) is 0 Å². The lowest BCUT2D eigenvalue weighted by Gasteiger charge is -2.35. The molecule has 296 valence electrons. The van der Waals surface area contributed by atoms with Crippen LogP contribution >= 0.6 is 0 Å². The monoisotopic (exact) mass is 818 g/mol. The summed E-state index contributed by atoms with van der Waals surface area (Å²) in [5, 5.41) is 10.5. The van der Waals surface area contributed by atoms with E-state index in [1.165, 1.54) is 86.6 Å². The van der Waals surface area contributed by atoms with Crippen molar-refractivity contribution in [2.75, 3.05) is 0 Å². The van der Waals surface area contributed by atoms with E-state index in [0.29, 0.717) is 0 Å². The van der Waals surface area contributed by atoms with Gasteiger partial charge in [-0.15, -0.1) is 0 Å². The fourth-order valence-electron chi connectivity index (χ4n) is 10.4. The molecule has 0 saturated carbocycles. The van der Waals surface area contributed by atoms with Gasteiger partial charge in [0, 0.05) is 32.9 Å². The maximum atomic E-state index is 2.50. The average molecular weight is 819 g/mol. The zero-order valence-electron chi connectivity index (χ0n) is 34.6. The van der Waals surface area contributed by atoms with Gasteiger partial charge in [0.25, 0.3) is 0 Å². The van der Waals surface area contributed by atoms with Gasteiger partial charge < -0.3 is 9.13 Å². The smallest absolute Gasteiger partial charge is 0.180 e. The summed E-state index contributed by atoms with van der Waals surface area (Å²) in [7, 11) is -2.85. The van der Waals surface area contributed by atoms with Crippen LogP contribution < -0.4 is 20.7 Å². The Morgan fingerprint density at radius 2 is 0.714 bits per heavy atom. The van der Waals surface area contributed by atoms with E-state index in [0.717, 1.165) is 11.4 Å². The van der Waals surface area contributed by atoms with E-state index in [2.05, 4.69) is 264 Å². The van der Waals surface area contributed by atoms with Crippen molar-refractivity contribution in [2.24, 2.45) is 0 Å². The zero-order chi connectivity index (χ0) is 41.7. The van der Waals surface area contributed by atoms with Gasteiger partial charge in [-0.05, 0) is 91.5 Å². The highest BCUT2D eigenvalue weighted by atomic mass is 28.3. The minimum absolute atomic E-state index is 1.14. The minimum Gasteiger partial charge on any atom is -0.309 e. The Balaban J connectivity index is 1.09. The fraction of sp³-hybridized carbons (Fsp3) is 0. The molecule has 0 bridgehead atoms. The molecular weight excluding hydrogens is 777 g/mol. The van der Waals surface area contributed by atoms with Crippen molar-refractivity contribution in [2.45, 2.75) is 0 Å². The summed E-state index contributed by atoms with van der Waals surface area (Å²) in [4.78, 5) is 0. The Bertz CT molecular complexity index is 3510. The van der Waals surface area contributed by atoms with Crippen LogP contribution in [-0.4, -0.2) is 17.2 Å². The Morgan fingerprint density at radius 1 is 0.270 bits per heavy atom. The molecule has 63 heavy (non-hydrogen) atoms. The molecule has 2 nitrogen and oxygen atoms in total. The average Bonchev–Trinajstić information content (AvgIpc) is 3.88. The number of nitrogens with zero attached hydrogens (tertiary/aromatic N) is 2. The molecule has 0 atom stereocenters. The standard InChI is InChI=1S/C60H42N2Si/c1-5-21-43(22-6-1)50-31-13-14-32-51(50)44-23-19-24-45(41-44)61-55-35-17-15-33-52(55)54-42-46(39-40-57(54)61)62-56-36-18-16-34-53(56)60-58(62)37-20-38-59(60)63(47-25-7-2-8-26-47,48-27-9-3-10-28-48)49-29-11-4-12-30-49/h1-42H. The zero-order valence-corrected chi connectivity index (χ0v) is 35.6. The third-order valence-electron chi connectivity index (χ3n) is 13.1. The van der Waals surface area contributed by atoms with Crippen LogP contribution in [0.25, 0.3) is 77.2 Å². The van der Waals surface area contributed by atoms with Crippen LogP contribution in [0.1, 0.15) is 0 Å². The summed E-state index contributed by atoms with van der Waals surface area (Å²) < 4.78 is 4.94. The molecule has 3 heteroatoms. The highest BCUT2D eigenvalue weighted by Crippen LogP contribution is 2.39. The van der Waals surface area contributed by atoms with Crippen LogP contribution in [-0.2, 0) is 0 Å². The van der Waals surface area contributed by atoms with Crippen LogP contribution in [0, 0.1) is 0 Å². The van der Waals surface area contributed by atoms with Crippen LogP contribution in [0.3, 0.4) is 0 Å². The van der Waals surface area contributed by atoms with Crippen molar-refractivity contribution in [1.29, 1.82) is 0 Å². The molecule has 10 aromatic carbocycles. The van der Waals surface area contributed by atoms with Crippen LogP contribution in [0.15, 0.2) is 255 Å². The molecule has 0 saturated heterocycles. The van der Waals surface area contributed by atoms with E-state index in [9.17, 15) is 0 Å². The Hall–Kier alpha value is -7.98. The molecule has 12 aromatic rings. The predicted molar refractivity (Wildman–Crippen MR) is 270 cm³/mol. The Labute approximate surface area is 368 Å². The predicted octanol–water partition coefficient (Wildman–Crippen LogP) is 12.6. The topological polar surface area (TPSA) is 9.86 Å². The summed E-state index contributed by atoms with van der Waals surface area (Å²) in [6.07, 6.45) is 0. The number of benzene rings is 10. The van der Waals surface area contributed by atoms with Crippen LogP contribution in [0.2, 0.25) is 0 Å². The van der Waals surface area contributed by atoms with E-state index in [1.807, 2.05) is 0 Å². The van der Waals surface area contributed by atoms with Crippen molar-refractivity contribution < 1.29 is 0 Å².